The van der Waals surface area contributed by atoms with Crippen molar-refractivity contribution in [1.82, 2.24) is 19.1 Å². The molecular formula is C30H24ClFN4O5. The number of nitrogens with zero attached hydrogens (tertiary/aromatic N) is 4. The quantitative estimate of drug-likeness (QED) is 0.259. The normalized spacial score (nSPS) is 14.6. The largest absolute Gasteiger partial charge is 0.489 e. The van der Waals surface area contributed by atoms with E-state index in [0.717, 1.165) is 12.0 Å². The Morgan fingerprint density at radius 2 is 1.93 bits per heavy atom. The summed E-state index contributed by atoms with van der Waals surface area (Å²) in [7, 11) is 0. The number of halogens is 2. The van der Waals surface area contributed by atoms with E-state index in [9.17, 15) is 19.1 Å². The van der Waals surface area contributed by atoms with E-state index in [-0.39, 0.29) is 30.5 Å². The van der Waals surface area contributed by atoms with Crippen molar-refractivity contribution in [3.05, 3.63) is 111 Å². The van der Waals surface area contributed by atoms with E-state index in [2.05, 4.69) is 9.97 Å². The maximum absolute atomic E-state index is 14.1. The average Bonchev–Trinajstić information content (AvgIpc) is 3.27. The van der Waals surface area contributed by atoms with Crippen LogP contribution < -0.4 is 10.3 Å². The molecule has 1 N–H and O–H groups in total. The maximum atomic E-state index is 14.1. The number of hydrogen-bond donors (Lipinski definition) is 1. The van der Waals surface area contributed by atoms with Crippen molar-refractivity contribution >= 4 is 28.7 Å². The first kappa shape index (κ1) is 26.7. The summed E-state index contributed by atoms with van der Waals surface area (Å²) < 4.78 is 28.9. The van der Waals surface area contributed by atoms with Crippen LogP contribution in [0.25, 0.3) is 22.3 Å². The molecule has 0 saturated carbocycles. The van der Waals surface area contributed by atoms with Crippen molar-refractivity contribution in [3.63, 3.8) is 0 Å². The summed E-state index contributed by atoms with van der Waals surface area (Å²) in [5, 5.41) is 9.72. The van der Waals surface area contributed by atoms with Crippen molar-refractivity contribution in [3.8, 4) is 16.9 Å². The van der Waals surface area contributed by atoms with Crippen molar-refractivity contribution in [2.24, 2.45) is 0 Å². The van der Waals surface area contributed by atoms with E-state index in [1.165, 1.54) is 22.8 Å². The lowest BCUT2D eigenvalue weighted by Gasteiger charge is -2.27. The van der Waals surface area contributed by atoms with Gasteiger partial charge in [0.25, 0.3) is 5.56 Å². The molecule has 0 aliphatic carbocycles. The third-order valence-corrected chi connectivity index (χ3v) is 7.19. The summed E-state index contributed by atoms with van der Waals surface area (Å²) in [5.41, 5.74) is 2.51. The highest BCUT2D eigenvalue weighted by atomic mass is 35.5. The fourth-order valence-corrected chi connectivity index (χ4v) is 4.81. The molecular weight excluding hydrogens is 551 g/mol. The Hall–Kier alpha value is -4.54. The molecule has 208 valence electrons. The van der Waals surface area contributed by atoms with Crippen LogP contribution >= 0.6 is 11.6 Å². The second-order valence-corrected chi connectivity index (χ2v) is 10.1. The Bertz CT molecular complexity index is 1830. The van der Waals surface area contributed by atoms with Crippen LogP contribution in [0.15, 0.2) is 77.7 Å². The first-order chi connectivity index (χ1) is 19.8. The molecule has 2 aromatic carbocycles. The molecule has 6 rings (SSSR count). The van der Waals surface area contributed by atoms with Crippen LogP contribution in [0.1, 0.15) is 28.3 Å². The molecule has 0 radical (unpaired) electrons. The fraction of sp³-hybridized carbons (Fsp3) is 0.200. The minimum atomic E-state index is -1.13. The van der Waals surface area contributed by atoms with E-state index in [0.29, 0.717) is 52.0 Å². The van der Waals surface area contributed by atoms with Crippen LogP contribution in [0.3, 0.4) is 0 Å². The lowest BCUT2D eigenvalue weighted by atomic mass is 10.1. The number of fused-ring (bicyclic) bond motifs is 1. The Morgan fingerprint density at radius 3 is 2.66 bits per heavy atom. The minimum absolute atomic E-state index is 0.0220. The Kier molecular flexibility index (Phi) is 7.25. The lowest BCUT2D eigenvalue weighted by Crippen LogP contribution is -2.32. The number of aromatic nitrogens is 4. The van der Waals surface area contributed by atoms with Gasteiger partial charge in [-0.15, -0.1) is 0 Å². The van der Waals surface area contributed by atoms with Gasteiger partial charge in [-0.25, -0.2) is 19.2 Å². The number of carboxylic acids is 1. The molecule has 41 heavy (non-hydrogen) atoms. The zero-order chi connectivity index (χ0) is 28.5. The number of pyridine rings is 2. The van der Waals surface area contributed by atoms with Gasteiger partial charge < -0.3 is 23.7 Å². The Balaban J connectivity index is 1.24. The molecule has 1 saturated heterocycles. The van der Waals surface area contributed by atoms with Gasteiger partial charge in [-0.1, -0.05) is 29.8 Å². The summed E-state index contributed by atoms with van der Waals surface area (Å²) in [6, 6.07) is 18.0. The maximum Gasteiger partial charge on any atom is 0.354 e. The van der Waals surface area contributed by atoms with Crippen molar-refractivity contribution in [2.75, 3.05) is 6.61 Å². The smallest absolute Gasteiger partial charge is 0.354 e. The highest BCUT2D eigenvalue weighted by Crippen LogP contribution is 2.25. The van der Waals surface area contributed by atoms with Crippen LogP contribution in [0.4, 0.5) is 4.39 Å². The monoisotopic (exact) mass is 574 g/mol. The number of carbonyl (C=O) groups is 1. The molecule has 0 unspecified atom stereocenters. The number of benzene rings is 2. The third kappa shape index (κ3) is 5.70. The van der Waals surface area contributed by atoms with Crippen LogP contribution in [0, 0.1) is 5.82 Å². The highest BCUT2D eigenvalue weighted by Gasteiger charge is 2.23. The van der Waals surface area contributed by atoms with E-state index >= 15 is 0 Å². The van der Waals surface area contributed by atoms with E-state index in [4.69, 9.17) is 21.1 Å². The summed E-state index contributed by atoms with van der Waals surface area (Å²) in [5.74, 6) is -0.463. The summed E-state index contributed by atoms with van der Waals surface area (Å²) in [4.78, 5) is 33.6. The third-order valence-electron chi connectivity index (χ3n) is 6.95. The average molecular weight is 575 g/mol. The number of aromatic carboxylic acids is 1. The van der Waals surface area contributed by atoms with Crippen molar-refractivity contribution in [1.29, 1.82) is 0 Å². The van der Waals surface area contributed by atoms with Gasteiger partial charge in [0, 0.05) is 29.5 Å². The summed E-state index contributed by atoms with van der Waals surface area (Å²) in [6.45, 7) is 1.33. The molecule has 0 bridgehead atoms. The van der Waals surface area contributed by atoms with Gasteiger partial charge in [-0.2, -0.15) is 0 Å². The number of hydrogen-bond acceptors (Lipinski definition) is 6. The van der Waals surface area contributed by atoms with Crippen LogP contribution in [-0.2, 0) is 24.4 Å². The van der Waals surface area contributed by atoms with Gasteiger partial charge in [-0.05, 0) is 60.0 Å². The van der Waals surface area contributed by atoms with E-state index in [1.807, 2.05) is 16.7 Å². The standard InChI is InChI=1S/C30H24ClFN4O5/c31-21-5-4-20(24(32)14-21)17-41-22-3-1-2-18(12-22)19-8-10-35(28(37)13-19)16-27-33-25-6-7-26(30(38)39)34-29(25)36(27)15-23-9-11-40-23/h1-8,10,12-14,23H,9,11,15-17H2,(H,38,39)/t23-/m0/s1. The van der Waals surface area contributed by atoms with Gasteiger partial charge in [0.15, 0.2) is 11.3 Å². The Morgan fingerprint density at radius 1 is 1.10 bits per heavy atom. The predicted octanol–water partition coefficient (Wildman–Crippen LogP) is 5.17. The SMILES string of the molecule is O=C(O)c1ccc2nc(Cn3ccc(-c4cccc(OCc5ccc(Cl)cc5F)c4)cc3=O)n(C[C@@H]3CCO3)c2n1. The second kappa shape index (κ2) is 11.1. The van der Waals surface area contributed by atoms with Crippen LogP contribution in [0.5, 0.6) is 5.75 Å². The van der Waals surface area contributed by atoms with Gasteiger partial charge >= 0.3 is 5.97 Å². The molecule has 5 aromatic rings. The van der Waals surface area contributed by atoms with E-state index < -0.39 is 11.8 Å². The number of rotatable bonds is 9. The lowest BCUT2D eigenvalue weighted by molar-refractivity contribution is -0.0591. The predicted molar refractivity (Wildman–Crippen MR) is 150 cm³/mol. The summed E-state index contributed by atoms with van der Waals surface area (Å²) in [6.07, 6.45) is 2.55. The van der Waals surface area contributed by atoms with Crippen LogP contribution in [0.2, 0.25) is 5.02 Å². The minimum Gasteiger partial charge on any atom is -0.489 e. The number of imidazole rings is 1. The van der Waals surface area contributed by atoms with Gasteiger partial charge in [-0.3, -0.25) is 4.79 Å². The first-order valence-corrected chi connectivity index (χ1v) is 13.3. The summed E-state index contributed by atoms with van der Waals surface area (Å²) >= 11 is 5.82. The molecule has 9 nitrogen and oxygen atoms in total. The number of ether oxygens (including phenoxy) is 2. The van der Waals surface area contributed by atoms with Crippen molar-refractivity contribution < 1.29 is 23.8 Å². The topological polar surface area (TPSA) is 108 Å². The van der Waals surface area contributed by atoms with Crippen LogP contribution in [-0.4, -0.2) is 42.9 Å². The fourth-order valence-electron chi connectivity index (χ4n) is 4.65. The van der Waals surface area contributed by atoms with Gasteiger partial charge in [0.05, 0.1) is 19.2 Å². The molecule has 3 aromatic heterocycles. The van der Waals surface area contributed by atoms with Gasteiger partial charge in [0.1, 0.15) is 29.5 Å². The Labute approximate surface area is 238 Å². The molecule has 1 fully saturated rings. The molecule has 1 aliphatic rings. The zero-order valence-electron chi connectivity index (χ0n) is 21.7. The molecule has 0 spiro atoms. The second-order valence-electron chi connectivity index (χ2n) is 9.70. The van der Waals surface area contributed by atoms with Crippen molar-refractivity contribution in [2.45, 2.75) is 32.2 Å². The van der Waals surface area contributed by atoms with E-state index in [1.54, 1.807) is 42.6 Å². The molecule has 11 heteroatoms. The molecule has 0 amide bonds. The highest BCUT2D eigenvalue weighted by molar-refractivity contribution is 6.30. The van der Waals surface area contributed by atoms with Gasteiger partial charge in [0.2, 0.25) is 0 Å². The number of carboxylic acid groups (broad SMARTS) is 1. The molecule has 4 heterocycles. The molecule has 1 atom stereocenters. The first-order valence-electron chi connectivity index (χ1n) is 12.9. The molecule has 1 aliphatic heterocycles. The zero-order valence-corrected chi connectivity index (χ0v) is 22.4.